The molecule has 0 N–H and O–H groups in total. The summed E-state index contributed by atoms with van der Waals surface area (Å²) in [5, 5.41) is 0. The third-order valence-corrected chi connectivity index (χ3v) is 5.45. The third-order valence-electron chi connectivity index (χ3n) is 3.72. The van der Waals surface area contributed by atoms with Gasteiger partial charge >= 0.3 is 0 Å². The minimum atomic E-state index is -3.51. The average Bonchev–Trinajstić information content (AvgIpc) is 2.56. The molecular formula is C18H20FNO3S. The highest BCUT2D eigenvalue weighted by atomic mass is 32.2. The molecule has 4 nitrogen and oxygen atoms in total. The molecule has 0 aliphatic heterocycles. The van der Waals surface area contributed by atoms with Gasteiger partial charge in [-0.15, -0.1) is 0 Å². The van der Waals surface area contributed by atoms with Crippen molar-refractivity contribution in [3.8, 4) is 0 Å². The van der Waals surface area contributed by atoms with Crippen molar-refractivity contribution >= 4 is 21.4 Å². The van der Waals surface area contributed by atoms with E-state index >= 15 is 0 Å². The summed E-state index contributed by atoms with van der Waals surface area (Å²) in [4.78, 5) is 14.0. The van der Waals surface area contributed by atoms with E-state index in [0.717, 1.165) is 5.56 Å². The van der Waals surface area contributed by atoms with E-state index < -0.39 is 9.84 Å². The van der Waals surface area contributed by atoms with E-state index in [1.165, 1.54) is 29.2 Å². The fourth-order valence-electron chi connectivity index (χ4n) is 2.34. The Morgan fingerprint density at radius 2 is 1.62 bits per heavy atom. The van der Waals surface area contributed by atoms with Crippen LogP contribution in [-0.2, 0) is 14.6 Å². The van der Waals surface area contributed by atoms with Crippen LogP contribution in [-0.4, -0.2) is 26.6 Å². The van der Waals surface area contributed by atoms with Crippen molar-refractivity contribution in [2.45, 2.75) is 25.2 Å². The molecule has 6 heteroatoms. The van der Waals surface area contributed by atoms with Gasteiger partial charge in [0.1, 0.15) is 5.82 Å². The van der Waals surface area contributed by atoms with Crippen LogP contribution in [0.2, 0.25) is 0 Å². The van der Waals surface area contributed by atoms with E-state index in [0.29, 0.717) is 12.2 Å². The highest BCUT2D eigenvalue weighted by Gasteiger charge is 2.20. The van der Waals surface area contributed by atoms with Gasteiger partial charge in [-0.2, -0.15) is 0 Å². The lowest BCUT2D eigenvalue weighted by molar-refractivity contribution is -0.118. The van der Waals surface area contributed by atoms with Gasteiger partial charge in [0.2, 0.25) is 5.91 Å². The number of hydrogen-bond acceptors (Lipinski definition) is 3. The van der Waals surface area contributed by atoms with E-state index in [1.807, 2.05) is 6.92 Å². The topological polar surface area (TPSA) is 54.5 Å². The molecule has 0 bridgehead atoms. The first-order chi connectivity index (χ1) is 11.3. The summed E-state index contributed by atoms with van der Waals surface area (Å²) in [6, 6.07) is 12.1. The maximum absolute atomic E-state index is 13.0. The molecule has 0 atom stereocenters. The molecule has 0 radical (unpaired) electrons. The molecule has 24 heavy (non-hydrogen) atoms. The SMILES string of the molecule is CCN(C(=O)CCS(=O)(=O)c1ccc(C)cc1)c1ccc(F)cc1. The Kier molecular flexibility index (Phi) is 5.72. The molecule has 0 saturated heterocycles. The lowest BCUT2D eigenvalue weighted by Gasteiger charge is -2.21. The van der Waals surface area contributed by atoms with Gasteiger partial charge in [-0.1, -0.05) is 17.7 Å². The predicted octanol–water partition coefficient (Wildman–Crippen LogP) is 3.35. The summed E-state index contributed by atoms with van der Waals surface area (Å²) < 4.78 is 37.6. The number of hydrogen-bond donors (Lipinski definition) is 0. The number of rotatable bonds is 6. The average molecular weight is 349 g/mol. The van der Waals surface area contributed by atoms with E-state index in [4.69, 9.17) is 0 Å². The van der Waals surface area contributed by atoms with Crippen molar-refractivity contribution in [3.63, 3.8) is 0 Å². The first kappa shape index (κ1) is 18.1. The first-order valence-corrected chi connectivity index (χ1v) is 9.34. The monoisotopic (exact) mass is 349 g/mol. The number of nitrogens with zero attached hydrogens (tertiary/aromatic N) is 1. The summed E-state index contributed by atoms with van der Waals surface area (Å²) in [6.07, 6.45) is -0.124. The number of carbonyl (C=O) groups is 1. The van der Waals surface area contributed by atoms with Crippen LogP contribution in [0.5, 0.6) is 0 Å². The quantitative estimate of drug-likeness (QED) is 0.804. The van der Waals surface area contributed by atoms with Crippen LogP contribution in [0.25, 0.3) is 0 Å². The number of anilines is 1. The number of benzene rings is 2. The van der Waals surface area contributed by atoms with Crippen LogP contribution in [0.3, 0.4) is 0 Å². The van der Waals surface area contributed by atoms with E-state index in [9.17, 15) is 17.6 Å². The number of sulfone groups is 1. The van der Waals surface area contributed by atoms with Crippen molar-refractivity contribution in [1.29, 1.82) is 0 Å². The molecule has 0 saturated carbocycles. The Labute approximate surface area is 141 Å². The van der Waals surface area contributed by atoms with Gasteiger partial charge in [0, 0.05) is 18.7 Å². The molecule has 2 aromatic rings. The Hall–Kier alpha value is -2.21. The molecule has 0 spiro atoms. The Morgan fingerprint density at radius 3 is 2.17 bits per heavy atom. The maximum atomic E-state index is 13.0. The number of aryl methyl sites for hydroxylation is 1. The van der Waals surface area contributed by atoms with Crippen LogP contribution in [0.1, 0.15) is 18.9 Å². The lowest BCUT2D eigenvalue weighted by atomic mass is 10.2. The molecule has 128 valence electrons. The van der Waals surface area contributed by atoms with Crippen molar-refractivity contribution in [2.24, 2.45) is 0 Å². The molecule has 0 fully saturated rings. The van der Waals surface area contributed by atoms with Crippen molar-refractivity contribution in [2.75, 3.05) is 17.2 Å². The Morgan fingerprint density at radius 1 is 1.04 bits per heavy atom. The Balaban J connectivity index is 2.07. The van der Waals surface area contributed by atoms with E-state index in [2.05, 4.69) is 0 Å². The van der Waals surface area contributed by atoms with Crippen LogP contribution < -0.4 is 4.90 Å². The van der Waals surface area contributed by atoms with E-state index in [1.54, 1.807) is 31.2 Å². The molecule has 0 aliphatic carbocycles. The summed E-state index contributed by atoms with van der Waals surface area (Å²) in [5.74, 6) is -0.948. The highest BCUT2D eigenvalue weighted by Crippen LogP contribution is 2.18. The molecule has 0 aromatic heterocycles. The summed E-state index contributed by atoms with van der Waals surface area (Å²) in [5.41, 5.74) is 1.52. The standard InChI is InChI=1S/C18H20FNO3S/c1-3-20(16-8-6-15(19)7-9-16)18(21)12-13-24(22,23)17-10-4-14(2)5-11-17/h4-11H,3,12-13H2,1-2H3. The molecule has 0 aliphatic rings. The first-order valence-electron chi connectivity index (χ1n) is 7.69. The second kappa shape index (κ2) is 7.57. The summed E-state index contributed by atoms with van der Waals surface area (Å²) in [6.45, 7) is 4.05. The van der Waals surface area contributed by atoms with Gasteiger partial charge < -0.3 is 4.90 Å². The Bertz CT molecular complexity index is 799. The molecule has 2 aromatic carbocycles. The largest absolute Gasteiger partial charge is 0.313 e. The smallest absolute Gasteiger partial charge is 0.228 e. The summed E-state index contributed by atoms with van der Waals surface area (Å²) in [7, 11) is -3.51. The zero-order valence-corrected chi connectivity index (χ0v) is 14.5. The van der Waals surface area contributed by atoms with Gasteiger partial charge in [0.25, 0.3) is 0 Å². The minimum Gasteiger partial charge on any atom is -0.313 e. The van der Waals surface area contributed by atoms with Crippen molar-refractivity contribution < 1.29 is 17.6 Å². The van der Waals surface area contributed by atoms with Crippen LogP contribution in [0.15, 0.2) is 53.4 Å². The molecular weight excluding hydrogens is 329 g/mol. The van der Waals surface area contributed by atoms with Gasteiger partial charge in [-0.25, -0.2) is 12.8 Å². The molecule has 2 rings (SSSR count). The van der Waals surface area contributed by atoms with Crippen LogP contribution in [0.4, 0.5) is 10.1 Å². The number of carbonyl (C=O) groups excluding carboxylic acids is 1. The molecule has 0 unspecified atom stereocenters. The maximum Gasteiger partial charge on any atom is 0.228 e. The second-order valence-corrected chi connectivity index (χ2v) is 7.61. The number of halogens is 1. The number of amides is 1. The third kappa shape index (κ3) is 4.41. The van der Waals surface area contributed by atoms with Gasteiger partial charge in [-0.3, -0.25) is 4.79 Å². The lowest BCUT2D eigenvalue weighted by Crippen LogP contribution is -2.32. The van der Waals surface area contributed by atoms with Crippen molar-refractivity contribution in [3.05, 3.63) is 59.9 Å². The van der Waals surface area contributed by atoms with Crippen LogP contribution in [0, 0.1) is 12.7 Å². The summed E-state index contributed by atoms with van der Waals surface area (Å²) >= 11 is 0. The minimum absolute atomic E-state index is 0.124. The highest BCUT2D eigenvalue weighted by molar-refractivity contribution is 7.91. The zero-order chi connectivity index (χ0) is 17.7. The van der Waals surface area contributed by atoms with Gasteiger partial charge in [-0.05, 0) is 50.2 Å². The van der Waals surface area contributed by atoms with E-state index in [-0.39, 0.29) is 28.8 Å². The van der Waals surface area contributed by atoms with Crippen molar-refractivity contribution in [1.82, 2.24) is 0 Å². The van der Waals surface area contributed by atoms with Crippen LogP contribution >= 0.6 is 0 Å². The fraction of sp³-hybridized carbons (Fsp3) is 0.278. The predicted molar refractivity (Wildman–Crippen MR) is 92.3 cm³/mol. The fourth-order valence-corrected chi connectivity index (χ4v) is 3.57. The molecule has 0 heterocycles. The zero-order valence-electron chi connectivity index (χ0n) is 13.7. The van der Waals surface area contributed by atoms with Gasteiger partial charge in [0.05, 0.1) is 10.6 Å². The second-order valence-electron chi connectivity index (χ2n) is 5.50. The normalized spacial score (nSPS) is 11.3. The van der Waals surface area contributed by atoms with Gasteiger partial charge in [0.15, 0.2) is 9.84 Å². The molecule has 1 amide bonds.